The molecule has 0 aliphatic heterocycles. The van der Waals surface area contributed by atoms with Gasteiger partial charge in [-0.1, -0.05) is 12.1 Å². The first-order valence-corrected chi connectivity index (χ1v) is 6.33. The van der Waals surface area contributed by atoms with Crippen LogP contribution >= 0.6 is 11.6 Å². The Kier molecular flexibility index (Phi) is 4.67. The van der Waals surface area contributed by atoms with Gasteiger partial charge < -0.3 is 14.8 Å². The maximum atomic E-state index is 8.81. The number of benzene rings is 1. The normalized spacial score (nSPS) is 10.6. The molecule has 18 heavy (non-hydrogen) atoms. The van der Waals surface area contributed by atoms with Gasteiger partial charge in [-0.15, -0.1) is 0 Å². The highest BCUT2D eigenvalue weighted by Gasteiger charge is 2.00. The monoisotopic (exact) mass is 265 g/mol. The topological polar surface area (TPSA) is 45.4 Å². The number of nitrogens with one attached hydrogen (secondary N) is 1. The number of hydrogen-bond donors (Lipinski definition) is 2. The molecular formula is C14H16ClNO2. The highest BCUT2D eigenvalue weighted by Crippen LogP contribution is 2.16. The summed E-state index contributed by atoms with van der Waals surface area (Å²) in [5, 5.41) is 12.5. The second kappa shape index (κ2) is 6.47. The average Bonchev–Trinajstić information content (AvgIpc) is 2.80. The van der Waals surface area contributed by atoms with Crippen LogP contribution in [-0.4, -0.2) is 11.7 Å². The molecule has 2 aromatic rings. The molecule has 2 N–H and O–H groups in total. The van der Waals surface area contributed by atoms with Crippen LogP contribution in [0.5, 0.6) is 0 Å². The third kappa shape index (κ3) is 3.79. The molecule has 0 aliphatic carbocycles. The molecule has 0 saturated carbocycles. The van der Waals surface area contributed by atoms with Crippen LogP contribution in [0.25, 0.3) is 0 Å². The molecule has 2 rings (SSSR count). The van der Waals surface area contributed by atoms with Crippen LogP contribution < -0.4 is 5.32 Å². The Morgan fingerprint density at radius 3 is 2.83 bits per heavy atom. The van der Waals surface area contributed by atoms with Crippen LogP contribution in [0.3, 0.4) is 0 Å². The standard InChI is InChI=1S/C14H16ClNO2/c15-14-7-6-13(18-14)10-16-12-5-1-3-11(9-12)4-2-8-17/h1,3,5-7,9,16-17H,2,4,8,10H2. The molecule has 1 aromatic heterocycles. The van der Waals surface area contributed by atoms with Crippen molar-refractivity contribution >= 4 is 17.3 Å². The van der Waals surface area contributed by atoms with Gasteiger partial charge >= 0.3 is 0 Å². The Morgan fingerprint density at radius 1 is 1.22 bits per heavy atom. The lowest BCUT2D eigenvalue weighted by Gasteiger charge is -2.06. The predicted molar refractivity (Wildman–Crippen MR) is 72.9 cm³/mol. The van der Waals surface area contributed by atoms with E-state index in [0.29, 0.717) is 11.8 Å². The summed E-state index contributed by atoms with van der Waals surface area (Å²) in [5.74, 6) is 0.806. The van der Waals surface area contributed by atoms with Gasteiger partial charge in [0.05, 0.1) is 6.54 Å². The number of furan rings is 1. The number of halogens is 1. The Balaban J connectivity index is 1.92. The Bertz CT molecular complexity index is 496. The fourth-order valence-electron chi connectivity index (χ4n) is 1.76. The molecular weight excluding hydrogens is 250 g/mol. The maximum Gasteiger partial charge on any atom is 0.193 e. The van der Waals surface area contributed by atoms with Gasteiger partial charge in [0.2, 0.25) is 0 Å². The van der Waals surface area contributed by atoms with Crippen molar-refractivity contribution in [3.63, 3.8) is 0 Å². The summed E-state index contributed by atoms with van der Waals surface area (Å²) in [6.07, 6.45) is 1.68. The molecule has 0 radical (unpaired) electrons. The lowest BCUT2D eigenvalue weighted by atomic mass is 10.1. The molecule has 0 spiro atoms. The van der Waals surface area contributed by atoms with Crippen LogP contribution in [0.1, 0.15) is 17.7 Å². The van der Waals surface area contributed by atoms with E-state index in [9.17, 15) is 0 Å². The summed E-state index contributed by atoms with van der Waals surface area (Å²) in [7, 11) is 0. The molecule has 0 fully saturated rings. The van der Waals surface area contributed by atoms with E-state index in [-0.39, 0.29) is 6.61 Å². The van der Waals surface area contributed by atoms with Gasteiger partial charge in [-0.3, -0.25) is 0 Å². The largest absolute Gasteiger partial charge is 0.448 e. The number of aliphatic hydroxyl groups excluding tert-OH is 1. The molecule has 0 amide bonds. The summed E-state index contributed by atoms with van der Waals surface area (Å²) in [5.41, 5.74) is 2.25. The molecule has 0 saturated heterocycles. The average molecular weight is 266 g/mol. The second-order valence-electron chi connectivity index (χ2n) is 4.09. The van der Waals surface area contributed by atoms with Gasteiger partial charge in [0.25, 0.3) is 0 Å². The molecule has 1 aromatic carbocycles. The van der Waals surface area contributed by atoms with Gasteiger partial charge in [0, 0.05) is 12.3 Å². The van der Waals surface area contributed by atoms with E-state index in [4.69, 9.17) is 21.1 Å². The minimum atomic E-state index is 0.225. The van der Waals surface area contributed by atoms with Crippen LogP contribution in [0.2, 0.25) is 5.22 Å². The fourth-order valence-corrected chi connectivity index (χ4v) is 1.92. The van der Waals surface area contributed by atoms with Crippen molar-refractivity contribution < 1.29 is 9.52 Å². The summed E-state index contributed by atoms with van der Waals surface area (Å²) < 4.78 is 5.27. The Labute approximate surface area is 111 Å². The zero-order valence-corrected chi connectivity index (χ0v) is 10.8. The highest BCUT2D eigenvalue weighted by atomic mass is 35.5. The van der Waals surface area contributed by atoms with Gasteiger partial charge in [-0.2, -0.15) is 0 Å². The molecule has 96 valence electrons. The lowest BCUT2D eigenvalue weighted by Crippen LogP contribution is -1.99. The van der Waals surface area contributed by atoms with Crippen LogP contribution in [-0.2, 0) is 13.0 Å². The molecule has 0 aliphatic rings. The van der Waals surface area contributed by atoms with Gasteiger partial charge in [-0.05, 0) is 54.3 Å². The third-order valence-corrected chi connectivity index (χ3v) is 2.85. The van der Waals surface area contributed by atoms with Gasteiger partial charge in [0.1, 0.15) is 5.76 Å². The van der Waals surface area contributed by atoms with Crippen LogP contribution in [0.4, 0.5) is 5.69 Å². The summed E-state index contributed by atoms with van der Waals surface area (Å²) in [4.78, 5) is 0. The molecule has 3 nitrogen and oxygen atoms in total. The first kappa shape index (κ1) is 13.0. The molecule has 1 heterocycles. The summed E-state index contributed by atoms with van der Waals surface area (Å²) in [6, 6.07) is 11.7. The SMILES string of the molecule is OCCCc1cccc(NCc2ccc(Cl)o2)c1. The van der Waals surface area contributed by atoms with Crippen molar-refractivity contribution in [2.24, 2.45) is 0 Å². The van der Waals surface area contributed by atoms with Crippen molar-refractivity contribution in [1.82, 2.24) is 0 Å². The smallest absolute Gasteiger partial charge is 0.193 e. The first-order valence-electron chi connectivity index (χ1n) is 5.96. The van der Waals surface area contributed by atoms with Gasteiger partial charge in [0.15, 0.2) is 5.22 Å². The van der Waals surface area contributed by atoms with E-state index in [1.165, 1.54) is 5.56 Å². The molecule has 4 heteroatoms. The number of aryl methyl sites for hydroxylation is 1. The van der Waals surface area contributed by atoms with E-state index in [1.54, 1.807) is 6.07 Å². The quantitative estimate of drug-likeness (QED) is 0.841. The van der Waals surface area contributed by atoms with Crippen molar-refractivity contribution in [3.8, 4) is 0 Å². The lowest BCUT2D eigenvalue weighted by molar-refractivity contribution is 0.288. The van der Waals surface area contributed by atoms with Crippen molar-refractivity contribution in [2.45, 2.75) is 19.4 Å². The summed E-state index contributed by atoms with van der Waals surface area (Å²) in [6.45, 7) is 0.832. The minimum absolute atomic E-state index is 0.225. The van der Waals surface area contributed by atoms with E-state index in [2.05, 4.69) is 17.4 Å². The zero-order valence-electron chi connectivity index (χ0n) is 10.0. The Morgan fingerprint density at radius 2 is 2.11 bits per heavy atom. The number of aliphatic hydroxyl groups is 1. The zero-order chi connectivity index (χ0) is 12.8. The van der Waals surface area contributed by atoms with Crippen LogP contribution in [0, 0.1) is 0 Å². The van der Waals surface area contributed by atoms with Gasteiger partial charge in [-0.25, -0.2) is 0 Å². The van der Waals surface area contributed by atoms with E-state index < -0.39 is 0 Å². The Hall–Kier alpha value is -1.45. The van der Waals surface area contributed by atoms with Crippen molar-refractivity contribution in [1.29, 1.82) is 0 Å². The van der Waals surface area contributed by atoms with Crippen molar-refractivity contribution in [2.75, 3.05) is 11.9 Å². The van der Waals surface area contributed by atoms with E-state index in [1.807, 2.05) is 18.2 Å². The predicted octanol–water partition coefficient (Wildman–Crippen LogP) is 3.47. The number of anilines is 1. The van der Waals surface area contributed by atoms with E-state index in [0.717, 1.165) is 24.3 Å². The second-order valence-corrected chi connectivity index (χ2v) is 4.46. The molecule has 0 unspecified atom stereocenters. The van der Waals surface area contributed by atoms with Crippen LogP contribution in [0.15, 0.2) is 40.8 Å². The molecule has 0 bridgehead atoms. The fraction of sp³-hybridized carbons (Fsp3) is 0.286. The minimum Gasteiger partial charge on any atom is -0.448 e. The maximum absolute atomic E-state index is 8.81. The number of hydrogen-bond acceptors (Lipinski definition) is 3. The molecule has 0 atom stereocenters. The van der Waals surface area contributed by atoms with Crippen molar-refractivity contribution in [3.05, 3.63) is 52.9 Å². The number of rotatable bonds is 6. The van der Waals surface area contributed by atoms with E-state index >= 15 is 0 Å². The summed E-state index contributed by atoms with van der Waals surface area (Å²) >= 11 is 5.71. The first-order chi connectivity index (χ1) is 8.78. The highest BCUT2D eigenvalue weighted by molar-refractivity contribution is 6.28. The third-order valence-electron chi connectivity index (χ3n) is 2.65.